The van der Waals surface area contributed by atoms with Crippen LogP contribution in [0.4, 0.5) is 4.39 Å². The molecule has 32 heavy (non-hydrogen) atoms. The number of ether oxygens (including phenoxy) is 1. The largest absolute Gasteiger partial charge is 0.476 e. The summed E-state index contributed by atoms with van der Waals surface area (Å²) in [6.07, 6.45) is 22.2. The van der Waals surface area contributed by atoms with Gasteiger partial charge in [0.15, 0.2) is 6.10 Å². The molecule has 1 atom stereocenters. The fourth-order valence-corrected chi connectivity index (χ4v) is 6.34. The van der Waals surface area contributed by atoms with E-state index in [2.05, 4.69) is 19.8 Å². The lowest BCUT2D eigenvalue weighted by Crippen LogP contribution is -2.25. The summed E-state index contributed by atoms with van der Waals surface area (Å²) in [6, 6.07) is 3.71. The number of rotatable bonds is 10. The van der Waals surface area contributed by atoms with Crippen molar-refractivity contribution >= 4 is 11.6 Å². The van der Waals surface area contributed by atoms with E-state index < -0.39 is 0 Å². The zero-order valence-electron chi connectivity index (χ0n) is 20.2. The van der Waals surface area contributed by atoms with Crippen molar-refractivity contribution < 1.29 is 9.13 Å². The molecular formula is C29H42ClFO. The summed E-state index contributed by atoms with van der Waals surface area (Å²) in [7, 11) is 0. The summed E-state index contributed by atoms with van der Waals surface area (Å²) in [5, 5.41) is 0.0922. The molecule has 0 amide bonds. The van der Waals surface area contributed by atoms with Crippen LogP contribution in [0, 0.1) is 35.9 Å². The minimum atomic E-state index is -0.354. The molecule has 2 aliphatic carbocycles. The second kappa shape index (κ2) is 12.9. The first-order chi connectivity index (χ1) is 15.6. The van der Waals surface area contributed by atoms with Gasteiger partial charge in [0.1, 0.15) is 16.6 Å². The zero-order chi connectivity index (χ0) is 22.9. The summed E-state index contributed by atoms with van der Waals surface area (Å²) in [4.78, 5) is 0. The highest BCUT2D eigenvalue weighted by molar-refractivity contribution is 6.32. The molecule has 2 aliphatic rings. The lowest BCUT2D eigenvalue weighted by Gasteiger charge is -2.38. The maximum absolute atomic E-state index is 15.2. The number of hydrogen-bond donors (Lipinski definition) is 0. The maximum Gasteiger partial charge on any atom is 0.159 e. The van der Waals surface area contributed by atoms with Gasteiger partial charge in [0.05, 0.1) is 0 Å². The van der Waals surface area contributed by atoms with Gasteiger partial charge in [-0.2, -0.15) is 0 Å². The van der Waals surface area contributed by atoms with E-state index in [0.29, 0.717) is 5.75 Å². The molecule has 3 rings (SSSR count). The van der Waals surface area contributed by atoms with E-state index in [-0.39, 0.29) is 22.9 Å². The molecule has 0 aromatic heterocycles. The highest BCUT2D eigenvalue weighted by atomic mass is 35.5. The molecule has 0 N–H and O–H groups in total. The molecule has 3 heteroatoms. The zero-order valence-corrected chi connectivity index (χ0v) is 20.9. The van der Waals surface area contributed by atoms with Crippen LogP contribution in [-0.2, 0) is 0 Å². The number of unbranched alkanes of at least 4 members (excludes halogenated alkanes) is 2. The fraction of sp³-hybridized carbons (Fsp3) is 0.724. The summed E-state index contributed by atoms with van der Waals surface area (Å²) >= 11 is 6.40. The van der Waals surface area contributed by atoms with Crippen molar-refractivity contribution in [3.63, 3.8) is 0 Å². The number of benzene rings is 1. The molecule has 0 radical (unpaired) electrons. The first kappa shape index (κ1) is 25.4. The van der Waals surface area contributed by atoms with Gasteiger partial charge in [0.25, 0.3) is 0 Å². The third-order valence-corrected chi connectivity index (χ3v) is 8.42. The van der Waals surface area contributed by atoms with Gasteiger partial charge in [0, 0.05) is 0 Å². The van der Waals surface area contributed by atoms with E-state index in [1.807, 2.05) is 12.1 Å². The van der Waals surface area contributed by atoms with Crippen LogP contribution in [0.25, 0.3) is 0 Å². The molecule has 178 valence electrons. The minimum absolute atomic E-state index is 0.0922. The molecule has 2 saturated carbocycles. The summed E-state index contributed by atoms with van der Waals surface area (Å²) in [6.45, 7) is 4.46. The van der Waals surface area contributed by atoms with Crippen LogP contribution >= 0.6 is 11.6 Å². The Kier molecular flexibility index (Phi) is 10.2. The van der Waals surface area contributed by atoms with Gasteiger partial charge in [0.2, 0.25) is 0 Å². The van der Waals surface area contributed by atoms with Gasteiger partial charge in [-0.3, -0.25) is 0 Å². The summed E-state index contributed by atoms with van der Waals surface area (Å²) in [5.74, 6) is 5.70. The topological polar surface area (TPSA) is 9.23 Å². The highest BCUT2D eigenvalue weighted by Gasteiger charge is 2.32. The van der Waals surface area contributed by atoms with Crippen molar-refractivity contribution in [1.29, 1.82) is 0 Å². The van der Waals surface area contributed by atoms with Crippen LogP contribution in [0.2, 0.25) is 5.02 Å². The molecule has 1 nitrogen and oxygen atoms in total. The standard InChI is InChI=1S/C29H42ClFO/c1-4-7-8-10-25(6-3)32-27-20-19-26(29(31)28(27)30)24-17-15-23(16-18-24)22-13-11-21(9-5-2)12-14-22/h3,19-25H,4-5,7-18H2,1-2H3/t21?,22?,23?,24?,25-/m0/s1. The molecule has 0 saturated heterocycles. The second-order valence-corrected chi connectivity index (χ2v) is 10.6. The summed E-state index contributed by atoms with van der Waals surface area (Å²) < 4.78 is 21.1. The highest BCUT2D eigenvalue weighted by Crippen LogP contribution is 2.46. The average Bonchev–Trinajstić information content (AvgIpc) is 2.82. The van der Waals surface area contributed by atoms with Gasteiger partial charge in [-0.25, -0.2) is 4.39 Å². The average molecular weight is 461 g/mol. The molecule has 0 aliphatic heterocycles. The Morgan fingerprint density at radius 1 is 1.00 bits per heavy atom. The predicted octanol–water partition coefficient (Wildman–Crippen LogP) is 9.32. The Balaban J connectivity index is 1.54. The van der Waals surface area contributed by atoms with Crippen molar-refractivity contribution in [2.75, 3.05) is 0 Å². The first-order valence-corrected chi connectivity index (χ1v) is 13.6. The first-order valence-electron chi connectivity index (χ1n) is 13.2. The molecule has 0 unspecified atom stereocenters. The van der Waals surface area contributed by atoms with Gasteiger partial charge in [-0.1, -0.05) is 76.0 Å². The van der Waals surface area contributed by atoms with Crippen molar-refractivity contribution in [3.8, 4) is 18.1 Å². The third kappa shape index (κ3) is 6.66. The molecule has 1 aromatic carbocycles. The van der Waals surface area contributed by atoms with Crippen LogP contribution in [0.15, 0.2) is 12.1 Å². The number of halogens is 2. The minimum Gasteiger partial charge on any atom is -0.476 e. The lowest BCUT2D eigenvalue weighted by molar-refractivity contribution is 0.156. The fourth-order valence-electron chi connectivity index (χ4n) is 6.12. The van der Waals surface area contributed by atoms with Crippen molar-refractivity contribution in [2.24, 2.45) is 17.8 Å². The van der Waals surface area contributed by atoms with Crippen LogP contribution in [0.1, 0.15) is 115 Å². The van der Waals surface area contributed by atoms with Crippen molar-refractivity contribution in [3.05, 3.63) is 28.5 Å². The molecule has 2 fully saturated rings. The normalized spacial score (nSPS) is 27.0. The number of hydrogen-bond acceptors (Lipinski definition) is 1. The van der Waals surface area contributed by atoms with Crippen LogP contribution in [0.3, 0.4) is 0 Å². The quantitative estimate of drug-likeness (QED) is 0.249. The molecule has 0 spiro atoms. The van der Waals surface area contributed by atoms with Gasteiger partial charge in [-0.15, -0.1) is 6.42 Å². The van der Waals surface area contributed by atoms with E-state index in [1.165, 1.54) is 51.4 Å². The Labute approximate surface area is 200 Å². The second-order valence-electron chi connectivity index (χ2n) is 10.2. The van der Waals surface area contributed by atoms with E-state index in [9.17, 15) is 0 Å². The maximum atomic E-state index is 15.2. The lowest BCUT2D eigenvalue weighted by atomic mass is 9.68. The molecule has 0 bridgehead atoms. The van der Waals surface area contributed by atoms with E-state index >= 15 is 4.39 Å². The Hall–Kier alpha value is -1.20. The Morgan fingerprint density at radius 2 is 1.66 bits per heavy atom. The van der Waals surface area contributed by atoms with Gasteiger partial charge < -0.3 is 4.74 Å². The van der Waals surface area contributed by atoms with Crippen LogP contribution in [0.5, 0.6) is 5.75 Å². The SMILES string of the molecule is C#C[C@@H](CCCCC)Oc1ccc(C2CCC(C3CCC(CCC)CC3)CC2)c(F)c1Cl. The van der Waals surface area contributed by atoms with Crippen molar-refractivity contribution in [1.82, 2.24) is 0 Å². The predicted molar refractivity (Wildman–Crippen MR) is 134 cm³/mol. The third-order valence-electron chi connectivity index (χ3n) is 8.07. The van der Waals surface area contributed by atoms with Crippen LogP contribution < -0.4 is 4.74 Å². The Morgan fingerprint density at radius 3 is 2.25 bits per heavy atom. The van der Waals surface area contributed by atoms with E-state index in [4.69, 9.17) is 22.8 Å². The Bertz CT molecular complexity index is 738. The van der Waals surface area contributed by atoms with Gasteiger partial charge >= 0.3 is 0 Å². The summed E-state index contributed by atoms with van der Waals surface area (Å²) in [5.41, 5.74) is 0.760. The molecular weight excluding hydrogens is 419 g/mol. The van der Waals surface area contributed by atoms with E-state index in [1.54, 1.807) is 0 Å². The number of terminal acetylenes is 1. The van der Waals surface area contributed by atoms with Gasteiger partial charge in [-0.05, 0) is 86.7 Å². The van der Waals surface area contributed by atoms with E-state index in [0.717, 1.165) is 61.8 Å². The molecule has 0 heterocycles. The monoisotopic (exact) mass is 460 g/mol. The smallest absolute Gasteiger partial charge is 0.159 e. The van der Waals surface area contributed by atoms with Crippen LogP contribution in [-0.4, -0.2) is 6.10 Å². The van der Waals surface area contributed by atoms with Crippen molar-refractivity contribution in [2.45, 2.75) is 116 Å². The molecule has 1 aromatic rings.